The van der Waals surface area contributed by atoms with Crippen LogP contribution in [0.3, 0.4) is 0 Å². The van der Waals surface area contributed by atoms with Crippen LogP contribution >= 0.6 is 0 Å². The number of anilines is 2. The average Bonchev–Trinajstić information content (AvgIpc) is 2.90. The zero-order valence-corrected chi connectivity index (χ0v) is 20.7. The minimum absolute atomic E-state index is 0.0107. The largest absolute Gasteiger partial charge is 0.495 e. The number of Topliss-reactive ketones (excluding diaryl/α,β-unsaturated/α-hetero) is 1. The molecule has 3 heterocycles. The number of carbonyl (C=O) groups is 3. The summed E-state index contributed by atoms with van der Waals surface area (Å²) in [4.78, 5) is 52.7. The van der Waals surface area contributed by atoms with Crippen LogP contribution in [-0.4, -0.2) is 47.4 Å². The number of nitrogens with one attached hydrogen (secondary N) is 2. The number of ether oxygens (including phenoxy) is 1. The third-order valence-electron chi connectivity index (χ3n) is 7.01. The molecule has 3 amide bonds. The third kappa shape index (κ3) is 4.84. The number of fused-ring (bicyclic) bond motifs is 4. The highest BCUT2D eigenvalue weighted by molar-refractivity contribution is 6.01. The van der Waals surface area contributed by atoms with Crippen molar-refractivity contribution in [2.75, 3.05) is 30.8 Å². The number of piperidine rings is 1. The molecule has 1 fully saturated rings. The number of nitrogens with zero attached hydrogens (tertiary/aromatic N) is 2. The summed E-state index contributed by atoms with van der Waals surface area (Å²) in [6.45, 7) is 2.96. The highest BCUT2D eigenvalue weighted by Gasteiger charge is 2.37. The number of pyridine rings is 1. The van der Waals surface area contributed by atoms with E-state index in [1.807, 2.05) is 11.0 Å². The Balaban J connectivity index is 1.33. The summed E-state index contributed by atoms with van der Waals surface area (Å²) < 4.78 is 6.97. The Morgan fingerprint density at radius 3 is 2.43 bits per heavy atom. The van der Waals surface area contributed by atoms with Gasteiger partial charge in [-0.25, -0.2) is 4.79 Å². The van der Waals surface area contributed by atoms with E-state index >= 15 is 0 Å². The van der Waals surface area contributed by atoms with E-state index in [4.69, 9.17) is 4.74 Å². The molecule has 2 aliphatic heterocycles. The average molecular weight is 501 g/mol. The van der Waals surface area contributed by atoms with Crippen LogP contribution < -0.4 is 20.9 Å². The molecule has 0 saturated carbocycles. The van der Waals surface area contributed by atoms with E-state index in [9.17, 15) is 19.2 Å². The Labute approximate surface area is 214 Å². The first-order valence-electron chi connectivity index (χ1n) is 12.2. The van der Waals surface area contributed by atoms with Crippen LogP contribution in [0.15, 0.2) is 65.5 Å². The molecule has 2 bridgehead atoms. The van der Waals surface area contributed by atoms with Crippen molar-refractivity contribution in [3.63, 3.8) is 0 Å². The number of ketones is 1. The van der Waals surface area contributed by atoms with Gasteiger partial charge in [0.25, 0.3) is 11.5 Å². The van der Waals surface area contributed by atoms with Gasteiger partial charge < -0.3 is 24.8 Å². The maximum absolute atomic E-state index is 13.3. The predicted molar refractivity (Wildman–Crippen MR) is 140 cm³/mol. The molecule has 9 heteroatoms. The molecular formula is C28H28N4O5. The standard InChI is InChI=1S/C28H28N4O5/c1-17(33)19-6-5-7-20(13-19)26(34)31-14-18-12-21(16-31)24-11-10-23(27(35)32(24)15-18)30-28(36)29-22-8-3-4-9-25(22)37-2/h3-11,13,18,21H,12,14-16H2,1-2H3,(H2,29,30,36). The number of rotatable bonds is 5. The molecular weight excluding hydrogens is 472 g/mol. The quantitative estimate of drug-likeness (QED) is 0.516. The van der Waals surface area contributed by atoms with Gasteiger partial charge in [-0.15, -0.1) is 0 Å². The molecule has 0 radical (unpaired) electrons. The molecule has 5 rings (SSSR count). The number of hydrogen-bond donors (Lipinski definition) is 2. The van der Waals surface area contributed by atoms with Crippen LogP contribution in [0, 0.1) is 5.92 Å². The lowest BCUT2D eigenvalue weighted by Gasteiger charge is -2.43. The maximum atomic E-state index is 13.3. The fraction of sp³-hybridized carbons (Fsp3) is 0.286. The third-order valence-corrected chi connectivity index (χ3v) is 7.01. The Hall–Kier alpha value is -4.40. The first-order valence-corrected chi connectivity index (χ1v) is 12.2. The van der Waals surface area contributed by atoms with E-state index < -0.39 is 6.03 Å². The van der Waals surface area contributed by atoms with Crippen molar-refractivity contribution in [3.05, 3.63) is 87.8 Å². The first-order chi connectivity index (χ1) is 17.8. The Morgan fingerprint density at radius 1 is 0.892 bits per heavy atom. The zero-order chi connectivity index (χ0) is 26.1. The van der Waals surface area contributed by atoms with Crippen molar-refractivity contribution in [2.45, 2.75) is 25.8 Å². The molecule has 2 N–H and O–H groups in total. The lowest BCUT2D eigenvalue weighted by molar-refractivity contribution is 0.0594. The summed E-state index contributed by atoms with van der Waals surface area (Å²) in [5.41, 5.74) is 2.27. The number of benzene rings is 2. The van der Waals surface area contributed by atoms with E-state index in [0.717, 1.165) is 12.1 Å². The molecule has 9 nitrogen and oxygen atoms in total. The lowest BCUT2D eigenvalue weighted by Crippen LogP contribution is -2.49. The summed E-state index contributed by atoms with van der Waals surface area (Å²) >= 11 is 0. The maximum Gasteiger partial charge on any atom is 0.323 e. The van der Waals surface area contributed by atoms with Crippen molar-refractivity contribution in [1.82, 2.24) is 9.47 Å². The molecule has 2 atom stereocenters. The summed E-state index contributed by atoms with van der Waals surface area (Å²) in [6, 6.07) is 16.7. The summed E-state index contributed by atoms with van der Waals surface area (Å²) in [7, 11) is 1.52. The van der Waals surface area contributed by atoms with Crippen molar-refractivity contribution in [1.29, 1.82) is 0 Å². The number of para-hydroxylation sites is 2. The van der Waals surface area contributed by atoms with E-state index in [-0.39, 0.29) is 34.8 Å². The normalized spacial score (nSPS) is 17.9. The summed E-state index contributed by atoms with van der Waals surface area (Å²) in [6.07, 6.45) is 0.887. The van der Waals surface area contributed by atoms with Crippen LogP contribution in [-0.2, 0) is 6.54 Å². The van der Waals surface area contributed by atoms with Crippen molar-refractivity contribution < 1.29 is 19.1 Å². The van der Waals surface area contributed by atoms with Crippen molar-refractivity contribution in [3.8, 4) is 5.75 Å². The molecule has 1 saturated heterocycles. The molecule has 3 aromatic rings. The number of carbonyl (C=O) groups excluding carboxylic acids is 3. The van der Waals surface area contributed by atoms with Gasteiger partial charge in [-0.1, -0.05) is 24.3 Å². The first kappa shape index (κ1) is 24.3. The number of aromatic nitrogens is 1. The molecule has 37 heavy (non-hydrogen) atoms. The van der Waals surface area contributed by atoms with Crippen LogP contribution in [0.2, 0.25) is 0 Å². The van der Waals surface area contributed by atoms with Crippen molar-refractivity contribution in [2.24, 2.45) is 5.92 Å². The van der Waals surface area contributed by atoms with Gasteiger partial charge in [-0.05, 0) is 55.7 Å². The van der Waals surface area contributed by atoms with Crippen LogP contribution in [0.4, 0.5) is 16.2 Å². The summed E-state index contributed by atoms with van der Waals surface area (Å²) in [5.74, 6) is 0.442. The van der Waals surface area contributed by atoms with Gasteiger partial charge in [0, 0.05) is 42.4 Å². The van der Waals surface area contributed by atoms with Gasteiger partial charge in [0.2, 0.25) is 0 Å². The van der Waals surface area contributed by atoms with E-state index in [1.165, 1.54) is 14.0 Å². The second-order valence-electron chi connectivity index (χ2n) is 9.51. The van der Waals surface area contributed by atoms with E-state index in [0.29, 0.717) is 42.2 Å². The van der Waals surface area contributed by atoms with E-state index in [2.05, 4.69) is 10.6 Å². The molecule has 2 aromatic carbocycles. The van der Waals surface area contributed by atoms with Crippen LogP contribution in [0.5, 0.6) is 5.75 Å². The number of urea groups is 1. The summed E-state index contributed by atoms with van der Waals surface area (Å²) in [5, 5.41) is 5.37. The van der Waals surface area contributed by atoms with Gasteiger partial charge in [-0.2, -0.15) is 0 Å². The second kappa shape index (κ2) is 9.93. The van der Waals surface area contributed by atoms with Crippen LogP contribution in [0.25, 0.3) is 0 Å². The van der Waals surface area contributed by atoms with Gasteiger partial charge in [0.05, 0.1) is 12.8 Å². The highest BCUT2D eigenvalue weighted by Crippen LogP contribution is 2.36. The zero-order valence-electron chi connectivity index (χ0n) is 20.7. The Bertz CT molecular complexity index is 1450. The molecule has 2 aliphatic rings. The number of methoxy groups -OCH3 is 1. The number of likely N-dealkylation sites (tertiary alicyclic amines) is 1. The topological polar surface area (TPSA) is 110 Å². The molecule has 1 aromatic heterocycles. The van der Waals surface area contributed by atoms with Crippen LogP contribution in [0.1, 0.15) is 45.7 Å². The monoisotopic (exact) mass is 500 g/mol. The van der Waals surface area contributed by atoms with Gasteiger partial charge in [-0.3, -0.25) is 14.4 Å². The van der Waals surface area contributed by atoms with Gasteiger partial charge >= 0.3 is 6.03 Å². The molecule has 0 aliphatic carbocycles. The molecule has 2 unspecified atom stereocenters. The highest BCUT2D eigenvalue weighted by atomic mass is 16.5. The molecule has 0 spiro atoms. The fourth-order valence-corrected chi connectivity index (χ4v) is 5.28. The Kier molecular flexibility index (Phi) is 6.52. The number of amides is 3. The van der Waals surface area contributed by atoms with Gasteiger partial charge in [0.15, 0.2) is 5.78 Å². The Morgan fingerprint density at radius 2 is 1.65 bits per heavy atom. The number of hydrogen-bond acceptors (Lipinski definition) is 5. The smallest absolute Gasteiger partial charge is 0.323 e. The van der Waals surface area contributed by atoms with E-state index in [1.54, 1.807) is 59.2 Å². The predicted octanol–water partition coefficient (Wildman–Crippen LogP) is 3.96. The minimum atomic E-state index is -0.539. The SMILES string of the molecule is COc1ccccc1NC(=O)Nc1ccc2n(c1=O)CC1CC2CN(C(=O)c2cccc(C(C)=O)c2)C1. The minimum Gasteiger partial charge on any atom is -0.495 e. The fourth-order valence-electron chi connectivity index (χ4n) is 5.28. The lowest BCUT2D eigenvalue weighted by atomic mass is 9.83. The molecule has 190 valence electrons. The second-order valence-corrected chi connectivity index (χ2v) is 9.51. The van der Waals surface area contributed by atoms with Crippen molar-refractivity contribution >= 4 is 29.1 Å². The van der Waals surface area contributed by atoms with Gasteiger partial charge in [0.1, 0.15) is 11.4 Å².